The van der Waals surface area contributed by atoms with E-state index < -0.39 is 0 Å². The first-order valence-corrected chi connectivity index (χ1v) is 19.4. The second-order valence-corrected chi connectivity index (χ2v) is 14.5. The summed E-state index contributed by atoms with van der Waals surface area (Å²) in [5.41, 5.74) is 13.8. The highest BCUT2D eigenvalue weighted by Crippen LogP contribution is 2.45. The zero-order valence-corrected chi connectivity index (χ0v) is 30.9. The van der Waals surface area contributed by atoms with Gasteiger partial charge in [-0.15, -0.1) is 0 Å². The van der Waals surface area contributed by atoms with Crippen LogP contribution in [0.4, 0.5) is 0 Å². The zero-order chi connectivity index (χ0) is 36.9. The van der Waals surface area contributed by atoms with Gasteiger partial charge in [-0.05, 0) is 47.2 Å². The highest BCUT2D eigenvalue weighted by molar-refractivity contribution is 6.16. The highest BCUT2D eigenvalue weighted by atomic mass is 14.9. The molecule has 1 aliphatic carbocycles. The van der Waals surface area contributed by atoms with Crippen LogP contribution in [0, 0.1) is 0 Å². The highest BCUT2D eigenvalue weighted by Gasteiger charge is 2.35. The molecule has 4 nitrogen and oxygen atoms in total. The summed E-state index contributed by atoms with van der Waals surface area (Å²) >= 11 is 0. The lowest BCUT2D eigenvalue weighted by molar-refractivity contribution is 0.346. The maximum atomic E-state index is 5.25. The summed E-state index contributed by atoms with van der Waals surface area (Å²) in [6, 6.07) is 62.0. The summed E-state index contributed by atoms with van der Waals surface area (Å²) in [6.07, 6.45) is 8.09. The molecule has 55 heavy (non-hydrogen) atoms. The fourth-order valence-corrected chi connectivity index (χ4v) is 8.15. The molecule has 1 aromatic heterocycles. The summed E-state index contributed by atoms with van der Waals surface area (Å²) in [6.45, 7) is 0.529. The van der Waals surface area contributed by atoms with Crippen LogP contribution in [0.3, 0.4) is 0 Å². The Hall–Kier alpha value is -6.52. The van der Waals surface area contributed by atoms with Crippen LogP contribution in [0.5, 0.6) is 0 Å². The lowest BCUT2D eigenvalue weighted by atomic mass is 9.65. The third kappa shape index (κ3) is 7.24. The summed E-state index contributed by atoms with van der Waals surface area (Å²) in [7, 11) is 0. The predicted molar refractivity (Wildman–Crippen MR) is 227 cm³/mol. The fraction of sp³-hybridized carbons (Fsp3) is 0.137. The minimum atomic E-state index is -0.0572. The molecule has 6 aromatic carbocycles. The van der Waals surface area contributed by atoms with Gasteiger partial charge in [0.2, 0.25) is 0 Å². The second-order valence-electron chi connectivity index (χ2n) is 14.5. The van der Waals surface area contributed by atoms with E-state index in [1.165, 1.54) is 30.4 Å². The molecule has 0 N–H and O–H groups in total. The number of hydrogen-bond donors (Lipinski definition) is 0. The molecule has 0 saturated heterocycles. The van der Waals surface area contributed by atoms with Crippen molar-refractivity contribution in [2.75, 3.05) is 6.54 Å². The van der Waals surface area contributed by atoms with Crippen molar-refractivity contribution in [2.45, 2.75) is 37.5 Å². The van der Waals surface area contributed by atoms with Gasteiger partial charge in [0, 0.05) is 27.7 Å². The van der Waals surface area contributed by atoms with E-state index in [9.17, 15) is 0 Å². The van der Waals surface area contributed by atoms with E-state index in [1.807, 2.05) is 36.4 Å². The molecule has 7 aromatic rings. The smallest absolute Gasteiger partial charge is 0.160 e. The van der Waals surface area contributed by atoms with Crippen molar-refractivity contribution in [3.05, 3.63) is 210 Å². The number of nitrogens with zero attached hydrogens (tertiary/aromatic N) is 4. The molecule has 2 aliphatic rings. The topological polar surface area (TPSA) is 50.5 Å². The van der Waals surface area contributed by atoms with Gasteiger partial charge in [-0.3, -0.25) is 9.98 Å². The molecule has 0 unspecified atom stereocenters. The van der Waals surface area contributed by atoms with E-state index in [0.717, 1.165) is 80.6 Å². The largest absolute Gasteiger partial charge is 0.278 e. The minimum absolute atomic E-state index is 0.0572. The minimum Gasteiger partial charge on any atom is -0.278 e. The zero-order valence-electron chi connectivity index (χ0n) is 30.9. The number of aliphatic imine (C=N–C) groups is 2. The summed E-state index contributed by atoms with van der Waals surface area (Å²) in [5, 5.41) is 0. The number of allylic oxidation sites excluding steroid dienone is 1. The monoisotopic (exact) mass is 710 g/mol. The van der Waals surface area contributed by atoms with Gasteiger partial charge in [-0.1, -0.05) is 189 Å². The number of aromatic nitrogens is 2. The summed E-state index contributed by atoms with van der Waals surface area (Å²) < 4.78 is 0. The predicted octanol–water partition coefficient (Wildman–Crippen LogP) is 12.1. The Morgan fingerprint density at radius 1 is 0.418 bits per heavy atom. The number of benzene rings is 6. The summed E-state index contributed by atoms with van der Waals surface area (Å²) in [5.74, 6) is 0.732. The maximum absolute atomic E-state index is 5.25. The molecule has 0 amide bonds. The molecule has 0 radical (unpaired) electrons. The van der Waals surface area contributed by atoms with Gasteiger partial charge in [-0.2, -0.15) is 0 Å². The molecule has 0 spiro atoms. The first-order valence-electron chi connectivity index (χ1n) is 19.4. The molecule has 1 saturated carbocycles. The molecular weight excluding hydrogens is 669 g/mol. The molecule has 9 rings (SSSR count). The normalized spacial score (nSPS) is 15.3. The SMILES string of the molecule is C1=C(c2ccc(C3(c4ccc(-c5cc(-c6ccccc6)nc(-c6ccccc6)n5)cc4)CCCCC3)cc2)N=C(c2ccccc2)CN=C1c1ccccc1. The van der Waals surface area contributed by atoms with Crippen LogP contribution in [0.2, 0.25) is 0 Å². The third-order valence-electron chi connectivity index (χ3n) is 11.1. The van der Waals surface area contributed by atoms with Crippen LogP contribution in [-0.4, -0.2) is 27.9 Å². The van der Waals surface area contributed by atoms with Crippen LogP contribution in [0.1, 0.15) is 59.9 Å². The van der Waals surface area contributed by atoms with Crippen molar-refractivity contribution in [3.63, 3.8) is 0 Å². The van der Waals surface area contributed by atoms with Gasteiger partial charge >= 0.3 is 0 Å². The van der Waals surface area contributed by atoms with E-state index in [2.05, 4.69) is 146 Å². The van der Waals surface area contributed by atoms with Crippen LogP contribution < -0.4 is 0 Å². The van der Waals surface area contributed by atoms with Gasteiger partial charge in [-0.25, -0.2) is 9.97 Å². The van der Waals surface area contributed by atoms with Crippen LogP contribution in [0.15, 0.2) is 192 Å². The number of rotatable bonds is 8. The first kappa shape index (κ1) is 34.3. The van der Waals surface area contributed by atoms with Gasteiger partial charge in [0.25, 0.3) is 0 Å². The van der Waals surface area contributed by atoms with Crippen molar-refractivity contribution in [2.24, 2.45) is 9.98 Å². The first-order chi connectivity index (χ1) is 27.2. The molecule has 1 fully saturated rings. The Kier molecular flexibility index (Phi) is 9.62. The van der Waals surface area contributed by atoms with Crippen molar-refractivity contribution < 1.29 is 0 Å². The average Bonchev–Trinajstić information content (AvgIpc) is 3.52. The number of hydrogen-bond acceptors (Lipinski definition) is 4. The Labute approximate surface area is 323 Å². The standard InChI is InChI=1S/C51H42N4/c1-6-16-37(17-7-1)45-34-46(53-49(36-52-45)39-20-10-3-11-21-39)40-24-28-43(29-25-40)51(32-14-5-15-33-51)44-30-26-41(27-31-44)48-35-47(38-18-8-2-9-19-38)54-50(55-48)42-22-12-4-13-23-42/h1-4,6-13,16-31,34-35H,5,14-15,32-33,36H2. The Morgan fingerprint density at radius 3 is 1.45 bits per heavy atom. The molecule has 0 bridgehead atoms. The fourth-order valence-electron chi connectivity index (χ4n) is 8.15. The van der Waals surface area contributed by atoms with Crippen LogP contribution in [-0.2, 0) is 5.41 Å². The molecule has 2 heterocycles. The van der Waals surface area contributed by atoms with Gasteiger partial charge in [0.1, 0.15) is 0 Å². The third-order valence-corrected chi connectivity index (χ3v) is 11.1. The second kappa shape index (κ2) is 15.5. The quantitative estimate of drug-likeness (QED) is 0.158. The van der Waals surface area contributed by atoms with Crippen molar-refractivity contribution >= 4 is 17.1 Å². The van der Waals surface area contributed by atoms with Gasteiger partial charge in [0.15, 0.2) is 5.82 Å². The molecule has 0 atom stereocenters. The molecular formula is C51H42N4. The van der Waals surface area contributed by atoms with E-state index in [-0.39, 0.29) is 5.41 Å². The van der Waals surface area contributed by atoms with E-state index in [0.29, 0.717) is 6.54 Å². The van der Waals surface area contributed by atoms with Crippen LogP contribution in [0.25, 0.3) is 39.6 Å². The van der Waals surface area contributed by atoms with Gasteiger partial charge < -0.3 is 0 Å². The van der Waals surface area contributed by atoms with Crippen LogP contribution >= 0.6 is 0 Å². The van der Waals surface area contributed by atoms with Crippen molar-refractivity contribution in [3.8, 4) is 33.9 Å². The molecule has 4 heteroatoms. The van der Waals surface area contributed by atoms with E-state index >= 15 is 0 Å². The average molecular weight is 711 g/mol. The molecule has 1 aliphatic heterocycles. The van der Waals surface area contributed by atoms with Crippen molar-refractivity contribution in [1.82, 2.24) is 9.97 Å². The molecule has 266 valence electrons. The van der Waals surface area contributed by atoms with E-state index in [4.69, 9.17) is 20.0 Å². The lowest BCUT2D eigenvalue weighted by Crippen LogP contribution is -2.30. The Bertz CT molecular complexity index is 2420. The maximum Gasteiger partial charge on any atom is 0.160 e. The van der Waals surface area contributed by atoms with Crippen molar-refractivity contribution in [1.29, 1.82) is 0 Å². The summed E-state index contributed by atoms with van der Waals surface area (Å²) in [4.78, 5) is 20.4. The lowest BCUT2D eigenvalue weighted by Gasteiger charge is -2.39. The Morgan fingerprint density at radius 2 is 0.891 bits per heavy atom. The van der Waals surface area contributed by atoms with E-state index in [1.54, 1.807) is 0 Å². The van der Waals surface area contributed by atoms with Gasteiger partial charge in [0.05, 0.1) is 35.1 Å². The Balaban J connectivity index is 1.07.